The highest BCUT2D eigenvalue weighted by molar-refractivity contribution is 5.94. The van der Waals surface area contributed by atoms with Crippen molar-refractivity contribution in [3.8, 4) is 5.75 Å². The molecule has 1 heterocycles. The van der Waals surface area contributed by atoms with Crippen molar-refractivity contribution in [1.29, 1.82) is 0 Å². The van der Waals surface area contributed by atoms with Crippen LogP contribution in [0, 0.1) is 0 Å². The Hall–Kier alpha value is -1.55. The molecule has 1 N–H and O–H groups in total. The minimum atomic E-state index is 0.0962. The smallest absolute Gasteiger partial charge is 0.253 e. The van der Waals surface area contributed by atoms with E-state index in [1.54, 1.807) is 7.11 Å². The summed E-state index contributed by atoms with van der Waals surface area (Å²) in [5, 5.41) is 3.43. The molecule has 19 heavy (non-hydrogen) atoms. The van der Waals surface area contributed by atoms with Crippen LogP contribution in [0.4, 0.5) is 0 Å². The predicted octanol–water partition coefficient (Wildman–Crippen LogP) is 1.91. The fraction of sp³-hybridized carbons (Fsp3) is 0.533. The van der Waals surface area contributed by atoms with E-state index >= 15 is 0 Å². The lowest BCUT2D eigenvalue weighted by Gasteiger charge is -2.24. The van der Waals surface area contributed by atoms with Crippen molar-refractivity contribution < 1.29 is 9.53 Å². The van der Waals surface area contributed by atoms with Crippen LogP contribution in [0.2, 0.25) is 0 Å². The normalized spacial score (nSPS) is 18.3. The fourth-order valence-electron chi connectivity index (χ4n) is 2.45. The van der Waals surface area contributed by atoms with E-state index in [1.807, 2.05) is 36.1 Å². The van der Waals surface area contributed by atoms with Gasteiger partial charge < -0.3 is 15.0 Å². The van der Waals surface area contributed by atoms with Crippen LogP contribution in [-0.4, -0.2) is 43.6 Å². The van der Waals surface area contributed by atoms with Crippen molar-refractivity contribution in [2.45, 2.75) is 25.8 Å². The number of nitrogens with zero attached hydrogens (tertiary/aromatic N) is 1. The third kappa shape index (κ3) is 3.47. The number of benzene rings is 1. The number of rotatable bonds is 5. The van der Waals surface area contributed by atoms with Crippen LogP contribution in [0.25, 0.3) is 0 Å². The summed E-state index contributed by atoms with van der Waals surface area (Å²) in [5.74, 6) is 0.871. The molecule has 1 fully saturated rings. The second kappa shape index (κ2) is 6.57. The third-order valence-corrected chi connectivity index (χ3v) is 3.61. The molecule has 1 aliphatic rings. The van der Waals surface area contributed by atoms with Crippen molar-refractivity contribution >= 4 is 5.91 Å². The van der Waals surface area contributed by atoms with Crippen molar-refractivity contribution in [3.05, 3.63) is 29.8 Å². The molecule has 1 aliphatic heterocycles. The Morgan fingerprint density at radius 2 is 2.16 bits per heavy atom. The molecule has 0 spiro atoms. The number of carbonyl (C=O) groups excluding carboxylic acids is 1. The molecule has 0 aliphatic carbocycles. The zero-order valence-electron chi connectivity index (χ0n) is 11.7. The Morgan fingerprint density at radius 1 is 1.42 bits per heavy atom. The number of likely N-dealkylation sites (N-methyl/N-ethyl adjacent to an activating group) is 1. The summed E-state index contributed by atoms with van der Waals surface area (Å²) >= 11 is 0. The van der Waals surface area contributed by atoms with Crippen molar-refractivity contribution in [2.24, 2.45) is 0 Å². The van der Waals surface area contributed by atoms with Gasteiger partial charge in [-0.1, -0.05) is 0 Å². The van der Waals surface area contributed by atoms with E-state index in [4.69, 9.17) is 4.74 Å². The zero-order chi connectivity index (χ0) is 13.7. The lowest BCUT2D eigenvalue weighted by molar-refractivity contribution is 0.0751. The maximum Gasteiger partial charge on any atom is 0.253 e. The van der Waals surface area contributed by atoms with Gasteiger partial charge in [-0.15, -0.1) is 0 Å². The van der Waals surface area contributed by atoms with Gasteiger partial charge in [-0.2, -0.15) is 0 Å². The van der Waals surface area contributed by atoms with E-state index in [0.29, 0.717) is 6.04 Å². The molecule has 1 aromatic carbocycles. The van der Waals surface area contributed by atoms with Gasteiger partial charge in [0.2, 0.25) is 0 Å². The Labute approximate surface area is 114 Å². The molecule has 104 valence electrons. The van der Waals surface area contributed by atoms with E-state index in [9.17, 15) is 4.79 Å². The number of ether oxygens (including phenoxy) is 1. The summed E-state index contributed by atoms with van der Waals surface area (Å²) in [6.45, 7) is 4.62. The van der Waals surface area contributed by atoms with E-state index in [-0.39, 0.29) is 5.91 Å². The first-order valence-corrected chi connectivity index (χ1v) is 6.91. The first-order valence-electron chi connectivity index (χ1n) is 6.91. The zero-order valence-corrected chi connectivity index (χ0v) is 11.7. The lowest BCUT2D eigenvalue weighted by Crippen LogP contribution is -2.41. The van der Waals surface area contributed by atoms with Crippen molar-refractivity contribution in [2.75, 3.05) is 26.7 Å². The van der Waals surface area contributed by atoms with Gasteiger partial charge in [0, 0.05) is 24.7 Å². The van der Waals surface area contributed by atoms with Crippen molar-refractivity contribution in [3.63, 3.8) is 0 Å². The Balaban J connectivity index is 2.01. The molecular weight excluding hydrogens is 240 g/mol. The molecule has 0 bridgehead atoms. The molecule has 0 radical (unpaired) electrons. The highest BCUT2D eigenvalue weighted by atomic mass is 16.5. The number of nitrogens with one attached hydrogen (secondary N) is 1. The minimum absolute atomic E-state index is 0.0962. The molecule has 1 saturated heterocycles. The third-order valence-electron chi connectivity index (χ3n) is 3.61. The first-order chi connectivity index (χ1) is 9.24. The Kier molecular flexibility index (Phi) is 4.80. The molecule has 0 aromatic heterocycles. The number of hydrogen-bond donors (Lipinski definition) is 1. The molecule has 4 heteroatoms. The van der Waals surface area contributed by atoms with E-state index in [2.05, 4.69) is 5.32 Å². The average molecular weight is 262 g/mol. The minimum Gasteiger partial charge on any atom is -0.497 e. The summed E-state index contributed by atoms with van der Waals surface area (Å²) in [6.07, 6.45) is 2.37. The molecular formula is C15H22N2O2. The van der Waals surface area contributed by atoms with Gasteiger partial charge in [0.15, 0.2) is 0 Å². The molecule has 1 atom stereocenters. The fourth-order valence-corrected chi connectivity index (χ4v) is 2.45. The maximum atomic E-state index is 12.4. The van der Waals surface area contributed by atoms with Crippen LogP contribution >= 0.6 is 0 Å². The molecule has 1 amide bonds. The van der Waals surface area contributed by atoms with Crippen LogP contribution in [0.1, 0.15) is 30.1 Å². The number of hydrogen-bond acceptors (Lipinski definition) is 3. The van der Waals surface area contributed by atoms with Crippen LogP contribution in [0.15, 0.2) is 24.3 Å². The summed E-state index contributed by atoms with van der Waals surface area (Å²) in [4.78, 5) is 14.3. The van der Waals surface area contributed by atoms with Gasteiger partial charge >= 0.3 is 0 Å². The largest absolute Gasteiger partial charge is 0.497 e. The van der Waals surface area contributed by atoms with E-state index in [0.717, 1.165) is 37.4 Å². The van der Waals surface area contributed by atoms with Gasteiger partial charge in [-0.05, 0) is 50.6 Å². The second-order valence-electron chi connectivity index (χ2n) is 4.87. The topological polar surface area (TPSA) is 41.6 Å². The summed E-state index contributed by atoms with van der Waals surface area (Å²) in [5.41, 5.74) is 0.723. The molecule has 1 unspecified atom stereocenters. The van der Waals surface area contributed by atoms with Crippen LogP contribution in [-0.2, 0) is 0 Å². The SMILES string of the molecule is CCN(CC1CCCN1)C(=O)c1ccc(OC)cc1. The van der Waals surface area contributed by atoms with Gasteiger partial charge in [0.25, 0.3) is 5.91 Å². The average Bonchev–Trinajstić information content (AvgIpc) is 2.97. The van der Waals surface area contributed by atoms with Crippen LogP contribution in [0.3, 0.4) is 0 Å². The predicted molar refractivity (Wildman–Crippen MR) is 75.6 cm³/mol. The molecule has 2 rings (SSSR count). The number of carbonyl (C=O) groups is 1. The van der Waals surface area contributed by atoms with Gasteiger partial charge in [-0.25, -0.2) is 0 Å². The van der Waals surface area contributed by atoms with Gasteiger partial charge in [0.05, 0.1) is 7.11 Å². The number of methoxy groups -OCH3 is 1. The van der Waals surface area contributed by atoms with Crippen molar-refractivity contribution in [1.82, 2.24) is 10.2 Å². The molecule has 0 saturated carbocycles. The molecule has 1 aromatic rings. The monoisotopic (exact) mass is 262 g/mol. The van der Waals surface area contributed by atoms with Gasteiger partial charge in [-0.3, -0.25) is 4.79 Å². The molecule has 4 nitrogen and oxygen atoms in total. The standard InChI is InChI=1S/C15H22N2O2/c1-3-17(11-13-5-4-10-16-13)15(18)12-6-8-14(19-2)9-7-12/h6-9,13,16H,3-5,10-11H2,1-2H3. The first kappa shape index (κ1) is 13.9. The summed E-state index contributed by atoms with van der Waals surface area (Å²) in [7, 11) is 1.63. The summed E-state index contributed by atoms with van der Waals surface area (Å²) in [6, 6.07) is 7.75. The lowest BCUT2D eigenvalue weighted by atomic mass is 10.1. The second-order valence-corrected chi connectivity index (χ2v) is 4.87. The Bertz CT molecular complexity index is 411. The van der Waals surface area contributed by atoms with E-state index < -0.39 is 0 Å². The maximum absolute atomic E-state index is 12.4. The van der Waals surface area contributed by atoms with Crippen LogP contribution in [0.5, 0.6) is 5.75 Å². The van der Waals surface area contributed by atoms with Gasteiger partial charge in [0.1, 0.15) is 5.75 Å². The number of amides is 1. The highest BCUT2D eigenvalue weighted by Crippen LogP contribution is 2.14. The Morgan fingerprint density at radius 3 is 2.68 bits per heavy atom. The van der Waals surface area contributed by atoms with E-state index in [1.165, 1.54) is 6.42 Å². The quantitative estimate of drug-likeness (QED) is 0.881. The van der Waals surface area contributed by atoms with Crippen LogP contribution < -0.4 is 10.1 Å². The highest BCUT2D eigenvalue weighted by Gasteiger charge is 2.21. The summed E-state index contributed by atoms with van der Waals surface area (Å²) < 4.78 is 5.11.